The highest BCUT2D eigenvalue weighted by Gasteiger charge is 2.28. The topological polar surface area (TPSA) is 100 Å². The van der Waals surface area contributed by atoms with E-state index in [-0.39, 0.29) is 23.6 Å². The molecule has 0 spiro atoms. The molecule has 1 amide bonds. The van der Waals surface area contributed by atoms with E-state index in [1.807, 2.05) is 0 Å². The van der Waals surface area contributed by atoms with Gasteiger partial charge in [0.1, 0.15) is 17.4 Å². The molecular formula is C27H25F2NO7. The standard InChI is InChI=1S/C27H25F2NO7/c1-4-34-26(33)37-27(2,3)36-24(31)16-35-21-10-6-9-20(15-21)30-25(32)22-14-18(11-12-23(22)29)17-7-5-8-19(28)13-17/h5-15H,4,16H2,1-3H3,(H,30,32). The Morgan fingerprint density at radius 1 is 0.892 bits per heavy atom. The minimum atomic E-state index is -1.58. The van der Waals surface area contributed by atoms with Gasteiger partial charge in [0, 0.05) is 25.6 Å². The second-order valence-electron chi connectivity index (χ2n) is 8.13. The number of carbonyl (C=O) groups excluding carboxylic acids is 3. The summed E-state index contributed by atoms with van der Waals surface area (Å²) in [6.07, 6.45) is -0.984. The molecule has 0 radical (unpaired) electrons. The summed E-state index contributed by atoms with van der Waals surface area (Å²) in [4.78, 5) is 36.3. The highest BCUT2D eigenvalue weighted by atomic mass is 19.1. The Kier molecular flexibility index (Phi) is 8.78. The van der Waals surface area contributed by atoms with Gasteiger partial charge in [-0.25, -0.2) is 18.4 Å². The van der Waals surface area contributed by atoms with Crippen molar-refractivity contribution >= 4 is 23.7 Å². The largest absolute Gasteiger partial charge is 0.511 e. The van der Waals surface area contributed by atoms with Crippen LogP contribution in [-0.2, 0) is 19.0 Å². The highest BCUT2D eigenvalue weighted by Crippen LogP contribution is 2.24. The van der Waals surface area contributed by atoms with Gasteiger partial charge < -0.3 is 24.3 Å². The number of ether oxygens (including phenoxy) is 4. The number of esters is 1. The quantitative estimate of drug-likeness (QED) is 0.289. The average Bonchev–Trinajstić information content (AvgIpc) is 2.82. The number of carbonyl (C=O) groups is 3. The number of nitrogens with one attached hydrogen (secondary N) is 1. The predicted molar refractivity (Wildman–Crippen MR) is 130 cm³/mol. The van der Waals surface area contributed by atoms with E-state index in [1.54, 1.807) is 25.1 Å². The first-order valence-electron chi connectivity index (χ1n) is 11.2. The van der Waals surface area contributed by atoms with Gasteiger partial charge in [-0.05, 0) is 54.4 Å². The first-order valence-corrected chi connectivity index (χ1v) is 11.2. The molecule has 3 aromatic carbocycles. The van der Waals surface area contributed by atoms with E-state index in [1.165, 1.54) is 56.3 Å². The fourth-order valence-corrected chi connectivity index (χ4v) is 3.22. The summed E-state index contributed by atoms with van der Waals surface area (Å²) < 4.78 is 48.0. The van der Waals surface area contributed by atoms with Crippen molar-refractivity contribution in [1.82, 2.24) is 0 Å². The van der Waals surface area contributed by atoms with Crippen LogP contribution in [0.4, 0.5) is 19.3 Å². The van der Waals surface area contributed by atoms with Crippen LogP contribution in [-0.4, -0.2) is 37.0 Å². The lowest BCUT2D eigenvalue weighted by molar-refractivity contribution is -0.202. The Balaban J connectivity index is 1.63. The van der Waals surface area contributed by atoms with Gasteiger partial charge in [-0.3, -0.25) is 4.79 Å². The lowest BCUT2D eigenvalue weighted by atomic mass is 10.0. The minimum absolute atomic E-state index is 0.101. The molecule has 0 bridgehead atoms. The second-order valence-corrected chi connectivity index (χ2v) is 8.13. The van der Waals surface area contributed by atoms with Gasteiger partial charge >= 0.3 is 12.1 Å². The zero-order valence-corrected chi connectivity index (χ0v) is 20.4. The molecule has 0 aliphatic carbocycles. The third-order valence-corrected chi connectivity index (χ3v) is 4.77. The summed E-state index contributed by atoms with van der Waals surface area (Å²) in [6, 6.07) is 15.7. The molecule has 0 atom stereocenters. The van der Waals surface area contributed by atoms with Crippen LogP contribution in [0.2, 0.25) is 0 Å². The van der Waals surface area contributed by atoms with E-state index < -0.39 is 42.1 Å². The number of hydrogen-bond donors (Lipinski definition) is 1. The normalized spacial score (nSPS) is 10.8. The number of halogens is 2. The minimum Gasteiger partial charge on any atom is -0.482 e. The van der Waals surface area contributed by atoms with Crippen molar-refractivity contribution in [2.75, 3.05) is 18.5 Å². The van der Waals surface area contributed by atoms with Crippen LogP contribution >= 0.6 is 0 Å². The third-order valence-electron chi connectivity index (χ3n) is 4.77. The molecule has 0 unspecified atom stereocenters. The van der Waals surface area contributed by atoms with Crippen molar-refractivity contribution < 1.29 is 42.1 Å². The molecule has 0 saturated carbocycles. The Bertz CT molecular complexity index is 1290. The van der Waals surface area contributed by atoms with Crippen molar-refractivity contribution in [2.24, 2.45) is 0 Å². The zero-order valence-electron chi connectivity index (χ0n) is 20.4. The van der Waals surface area contributed by atoms with Crippen LogP contribution in [0, 0.1) is 11.6 Å². The Morgan fingerprint density at radius 2 is 1.62 bits per heavy atom. The molecule has 3 aromatic rings. The summed E-state index contributed by atoms with van der Waals surface area (Å²) in [5, 5.41) is 2.57. The van der Waals surface area contributed by atoms with Gasteiger partial charge in [-0.1, -0.05) is 24.3 Å². The van der Waals surface area contributed by atoms with E-state index in [2.05, 4.69) is 10.1 Å². The lowest BCUT2D eigenvalue weighted by Gasteiger charge is -2.24. The molecule has 0 fully saturated rings. The van der Waals surface area contributed by atoms with E-state index >= 15 is 0 Å². The molecule has 8 nitrogen and oxygen atoms in total. The van der Waals surface area contributed by atoms with Gasteiger partial charge in [0.25, 0.3) is 11.7 Å². The first-order chi connectivity index (χ1) is 17.6. The fraction of sp³-hybridized carbons (Fsp3) is 0.222. The second kappa shape index (κ2) is 12.0. The van der Waals surface area contributed by atoms with Gasteiger partial charge in [0.2, 0.25) is 0 Å². The molecule has 0 aromatic heterocycles. The van der Waals surface area contributed by atoms with Crippen molar-refractivity contribution in [1.29, 1.82) is 0 Å². The van der Waals surface area contributed by atoms with E-state index in [4.69, 9.17) is 14.2 Å². The number of benzene rings is 3. The van der Waals surface area contributed by atoms with E-state index in [0.717, 1.165) is 6.07 Å². The molecule has 3 rings (SSSR count). The maximum absolute atomic E-state index is 14.4. The van der Waals surface area contributed by atoms with Crippen LogP contribution in [0.1, 0.15) is 31.1 Å². The molecule has 194 valence electrons. The van der Waals surface area contributed by atoms with Gasteiger partial charge in [0.05, 0.1) is 12.2 Å². The number of hydrogen-bond acceptors (Lipinski definition) is 7. The van der Waals surface area contributed by atoms with Crippen LogP contribution in [0.25, 0.3) is 11.1 Å². The maximum atomic E-state index is 14.4. The van der Waals surface area contributed by atoms with Crippen LogP contribution in [0.3, 0.4) is 0 Å². The molecule has 0 saturated heterocycles. The number of anilines is 1. The zero-order chi connectivity index (χ0) is 27.0. The van der Waals surface area contributed by atoms with Crippen LogP contribution < -0.4 is 10.1 Å². The van der Waals surface area contributed by atoms with E-state index in [0.29, 0.717) is 11.1 Å². The summed E-state index contributed by atoms with van der Waals surface area (Å²) in [6.45, 7) is 3.91. The van der Waals surface area contributed by atoms with Crippen molar-refractivity contribution in [3.63, 3.8) is 0 Å². The predicted octanol–water partition coefficient (Wildman–Crippen LogP) is 5.72. The number of rotatable bonds is 9. The van der Waals surface area contributed by atoms with Crippen molar-refractivity contribution in [2.45, 2.75) is 26.6 Å². The maximum Gasteiger partial charge on any atom is 0.511 e. The van der Waals surface area contributed by atoms with Gasteiger partial charge in [0.15, 0.2) is 6.61 Å². The third kappa shape index (κ3) is 8.03. The lowest BCUT2D eigenvalue weighted by Crippen LogP contribution is -2.35. The molecule has 0 heterocycles. The van der Waals surface area contributed by atoms with Gasteiger partial charge in [-0.2, -0.15) is 0 Å². The molecule has 37 heavy (non-hydrogen) atoms. The van der Waals surface area contributed by atoms with Crippen molar-refractivity contribution in [3.05, 3.63) is 83.9 Å². The smallest absolute Gasteiger partial charge is 0.482 e. The SMILES string of the molecule is CCOC(=O)OC(C)(C)OC(=O)COc1cccc(NC(=O)c2cc(-c3cccc(F)c3)ccc2F)c1. The highest BCUT2D eigenvalue weighted by molar-refractivity contribution is 6.05. The Morgan fingerprint density at radius 3 is 2.35 bits per heavy atom. The fourth-order valence-electron chi connectivity index (χ4n) is 3.22. The molecule has 10 heteroatoms. The van der Waals surface area contributed by atoms with Gasteiger partial charge in [-0.15, -0.1) is 0 Å². The molecule has 1 N–H and O–H groups in total. The Labute approximate surface area is 212 Å². The molecule has 0 aliphatic rings. The summed E-state index contributed by atoms with van der Waals surface area (Å²) in [5.41, 5.74) is 1.00. The van der Waals surface area contributed by atoms with Crippen LogP contribution in [0.5, 0.6) is 5.75 Å². The summed E-state index contributed by atoms with van der Waals surface area (Å²) >= 11 is 0. The Hall–Kier alpha value is -4.47. The molecule has 0 aliphatic heterocycles. The monoisotopic (exact) mass is 513 g/mol. The first kappa shape index (κ1) is 27.1. The summed E-state index contributed by atoms with van der Waals surface area (Å²) in [7, 11) is 0. The van der Waals surface area contributed by atoms with E-state index in [9.17, 15) is 23.2 Å². The number of amides is 1. The average molecular weight is 513 g/mol. The van der Waals surface area contributed by atoms with Crippen LogP contribution in [0.15, 0.2) is 66.7 Å². The summed E-state index contributed by atoms with van der Waals surface area (Å²) in [5.74, 6) is -4.12. The van der Waals surface area contributed by atoms with Crippen molar-refractivity contribution in [3.8, 4) is 16.9 Å². The molecular weight excluding hydrogens is 488 g/mol.